The van der Waals surface area contributed by atoms with Crippen molar-refractivity contribution < 1.29 is 52.0 Å². The maximum atomic E-state index is 12.0. The summed E-state index contributed by atoms with van der Waals surface area (Å²) >= 11 is 1.87. The number of thioether (sulfide) groups is 1. The second-order valence-electron chi connectivity index (χ2n) is 10.0. The summed E-state index contributed by atoms with van der Waals surface area (Å²) in [5.41, 5.74) is 0. The van der Waals surface area contributed by atoms with E-state index < -0.39 is 32.5 Å². The SMILES string of the molecule is CC(=O)OCC(COP(=O)(O)OCCNC(=O)CCCCCNC(=O)CCCCC1SC[C@@H]2NC(=O)N[C@H]12)OC(C)=O. The lowest BCUT2D eigenvalue weighted by Crippen LogP contribution is -2.36. The minimum atomic E-state index is -4.49. The lowest BCUT2D eigenvalue weighted by atomic mass is 10.0. The van der Waals surface area contributed by atoms with E-state index >= 15 is 0 Å². The molecule has 0 aromatic heterocycles. The van der Waals surface area contributed by atoms with Crippen molar-refractivity contribution in [2.24, 2.45) is 0 Å². The average Bonchev–Trinajstić information content (AvgIpc) is 3.47. The molecule has 42 heavy (non-hydrogen) atoms. The average molecular weight is 639 g/mol. The molecular weight excluding hydrogens is 595 g/mol. The quantitative estimate of drug-likeness (QED) is 0.0519. The van der Waals surface area contributed by atoms with Crippen LogP contribution in [0.2, 0.25) is 0 Å². The standard InChI is InChI=1S/C25H43N4O11PS/c1-17(30)37-14-19(40-18(2)31)15-39-41(35,36)38-13-12-27-23(33)9-4-3-7-11-26-22(32)10-6-5-8-21-24-20(16-42-21)28-25(34)29-24/h19-21,24H,3-16H2,1-2H3,(H,26,32)(H,27,33)(H,35,36)(H2,28,29,34)/t19?,20-,21?,24-/m0/s1. The molecule has 2 heterocycles. The van der Waals surface area contributed by atoms with Gasteiger partial charge in [-0.3, -0.25) is 28.2 Å². The number of hydrogen-bond donors (Lipinski definition) is 5. The first-order valence-electron chi connectivity index (χ1n) is 14.1. The van der Waals surface area contributed by atoms with Crippen molar-refractivity contribution in [3.05, 3.63) is 0 Å². The van der Waals surface area contributed by atoms with Crippen molar-refractivity contribution >= 4 is 49.4 Å². The van der Waals surface area contributed by atoms with Gasteiger partial charge in [-0.05, 0) is 25.7 Å². The van der Waals surface area contributed by atoms with Crippen molar-refractivity contribution in [3.63, 3.8) is 0 Å². The molecule has 2 rings (SSSR count). The van der Waals surface area contributed by atoms with Crippen molar-refractivity contribution in [1.29, 1.82) is 0 Å². The summed E-state index contributed by atoms with van der Waals surface area (Å²) in [4.78, 5) is 67.2. The molecule has 0 saturated carbocycles. The molecule has 0 radical (unpaired) electrons. The molecule has 2 saturated heterocycles. The number of hydrogen-bond acceptors (Lipinski definition) is 11. The monoisotopic (exact) mass is 638 g/mol. The van der Waals surface area contributed by atoms with Crippen molar-refractivity contribution in [2.45, 2.75) is 88.7 Å². The van der Waals surface area contributed by atoms with Crippen molar-refractivity contribution in [3.8, 4) is 0 Å². The van der Waals surface area contributed by atoms with Crippen LogP contribution in [0.3, 0.4) is 0 Å². The van der Waals surface area contributed by atoms with Gasteiger partial charge in [0.25, 0.3) is 0 Å². The van der Waals surface area contributed by atoms with Gasteiger partial charge in [0, 0.05) is 50.8 Å². The Morgan fingerprint density at radius 2 is 1.64 bits per heavy atom. The Kier molecular flexibility index (Phi) is 16.2. The molecule has 0 aromatic rings. The van der Waals surface area contributed by atoms with Crippen LogP contribution in [0.5, 0.6) is 0 Å². The van der Waals surface area contributed by atoms with Crippen molar-refractivity contribution in [2.75, 3.05) is 38.7 Å². The third-order valence-corrected chi connectivity index (χ3v) is 8.88. The van der Waals surface area contributed by atoms with Gasteiger partial charge in [-0.15, -0.1) is 0 Å². The Morgan fingerprint density at radius 1 is 0.952 bits per heavy atom. The number of fused-ring (bicyclic) bond motifs is 1. The summed E-state index contributed by atoms with van der Waals surface area (Å²) in [6.07, 6.45) is 4.47. The summed E-state index contributed by atoms with van der Waals surface area (Å²) < 4.78 is 31.1. The molecule has 0 bridgehead atoms. The number of nitrogens with one attached hydrogen (secondary N) is 4. The number of urea groups is 1. The highest BCUT2D eigenvalue weighted by Gasteiger charge is 2.42. The number of phosphoric acid groups is 1. The number of carbonyl (C=O) groups excluding carboxylic acids is 5. The van der Waals surface area contributed by atoms with Crippen LogP contribution in [0.25, 0.3) is 0 Å². The molecule has 240 valence electrons. The molecule has 0 aliphatic carbocycles. The molecule has 17 heteroatoms. The molecule has 0 spiro atoms. The number of amides is 4. The zero-order valence-corrected chi connectivity index (χ0v) is 25.8. The summed E-state index contributed by atoms with van der Waals surface area (Å²) in [5.74, 6) is -0.606. The fourth-order valence-electron chi connectivity index (χ4n) is 4.39. The highest BCUT2D eigenvalue weighted by molar-refractivity contribution is 8.00. The summed E-state index contributed by atoms with van der Waals surface area (Å²) in [7, 11) is -4.49. The van der Waals surface area contributed by atoms with E-state index in [4.69, 9.17) is 18.5 Å². The van der Waals surface area contributed by atoms with Gasteiger partial charge in [0.05, 0.1) is 25.3 Å². The van der Waals surface area contributed by atoms with Crippen molar-refractivity contribution in [1.82, 2.24) is 21.3 Å². The van der Waals surface area contributed by atoms with E-state index in [1.807, 2.05) is 11.8 Å². The molecule has 5 N–H and O–H groups in total. The predicted molar refractivity (Wildman–Crippen MR) is 152 cm³/mol. The Morgan fingerprint density at radius 3 is 2.33 bits per heavy atom. The van der Waals surface area contributed by atoms with Crippen LogP contribution in [0.15, 0.2) is 0 Å². The van der Waals surface area contributed by atoms with E-state index in [-0.39, 0.29) is 56.1 Å². The molecule has 2 fully saturated rings. The number of ether oxygens (including phenoxy) is 2. The molecule has 0 aromatic carbocycles. The van der Waals surface area contributed by atoms with Crippen LogP contribution in [-0.2, 0) is 42.3 Å². The van der Waals surface area contributed by atoms with Crippen LogP contribution in [-0.4, -0.2) is 96.8 Å². The molecule has 2 aliphatic heterocycles. The fraction of sp³-hybridized carbons (Fsp3) is 0.800. The van der Waals surface area contributed by atoms with Gasteiger partial charge in [0.1, 0.15) is 6.61 Å². The van der Waals surface area contributed by atoms with Crippen LogP contribution in [0.1, 0.15) is 65.2 Å². The van der Waals surface area contributed by atoms with Gasteiger partial charge >= 0.3 is 25.8 Å². The van der Waals surface area contributed by atoms with Gasteiger partial charge in [-0.25, -0.2) is 9.36 Å². The summed E-state index contributed by atoms with van der Waals surface area (Å²) in [5, 5.41) is 11.8. The number of rotatable bonds is 21. The lowest BCUT2D eigenvalue weighted by Gasteiger charge is -2.18. The van der Waals surface area contributed by atoms with E-state index in [1.54, 1.807) is 0 Å². The number of esters is 2. The summed E-state index contributed by atoms with van der Waals surface area (Å²) in [6.45, 7) is 1.64. The van der Waals surface area contributed by atoms with E-state index in [0.717, 1.165) is 51.7 Å². The van der Waals surface area contributed by atoms with Gasteiger partial charge in [0.15, 0.2) is 6.10 Å². The number of carbonyl (C=O) groups is 5. The number of unbranched alkanes of at least 4 members (excludes halogenated alkanes) is 3. The van der Waals surface area contributed by atoms with E-state index in [2.05, 4.69) is 21.3 Å². The molecule has 15 nitrogen and oxygen atoms in total. The van der Waals surface area contributed by atoms with Crippen LogP contribution in [0, 0.1) is 0 Å². The van der Waals surface area contributed by atoms with E-state index in [9.17, 15) is 33.4 Å². The molecule has 4 amide bonds. The maximum Gasteiger partial charge on any atom is 0.472 e. The van der Waals surface area contributed by atoms with Gasteiger partial charge < -0.3 is 35.6 Å². The Labute approximate surface area is 249 Å². The Balaban J connectivity index is 1.43. The van der Waals surface area contributed by atoms with E-state index in [0.29, 0.717) is 24.6 Å². The second-order valence-corrected chi connectivity index (χ2v) is 12.7. The Bertz CT molecular complexity index is 973. The highest BCUT2D eigenvalue weighted by atomic mass is 32.2. The molecule has 2 aliphatic rings. The topological polar surface area (TPSA) is 208 Å². The minimum absolute atomic E-state index is 0.0111. The van der Waals surface area contributed by atoms with Crippen LogP contribution < -0.4 is 21.3 Å². The van der Waals surface area contributed by atoms with Crippen LogP contribution >= 0.6 is 19.6 Å². The lowest BCUT2D eigenvalue weighted by molar-refractivity contribution is -0.158. The maximum absolute atomic E-state index is 12.0. The first kappa shape index (κ1) is 35.8. The van der Waals surface area contributed by atoms with E-state index in [1.165, 1.54) is 0 Å². The highest BCUT2D eigenvalue weighted by Crippen LogP contribution is 2.43. The smallest absolute Gasteiger partial charge is 0.462 e. The largest absolute Gasteiger partial charge is 0.472 e. The first-order valence-corrected chi connectivity index (χ1v) is 16.6. The molecular formula is C25H43N4O11PS. The molecule has 5 atom stereocenters. The van der Waals surface area contributed by atoms with Gasteiger partial charge in [-0.2, -0.15) is 11.8 Å². The minimum Gasteiger partial charge on any atom is -0.462 e. The second kappa shape index (κ2) is 19.0. The Hall–Kier alpha value is -2.39. The molecule has 3 unspecified atom stereocenters. The van der Waals surface area contributed by atoms with Crippen LogP contribution in [0.4, 0.5) is 4.79 Å². The number of phosphoric ester groups is 1. The van der Waals surface area contributed by atoms with Gasteiger partial charge in [0.2, 0.25) is 11.8 Å². The zero-order chi connectivity index (χ0) is 31.0. The first-order chi connectivity index (χ1) is 19.9. The van der Waals surface area contributed by atoms with Gasteiger partial charge in [-0.1, -0.05) is 12.8 Å². The predicted octanol–water partition coefficient (Wildman–Crippen LogP) is 1.13. The normalized spacial score (nSPS) is 21.3. The summed E-state index contributed by atoms with van der Waals surface area (Å²) in [6, 6.07) is 0.310. The third kappa shape index (κ3) is 15.2. The fourth-order valence-corrected chi connectivity index (χ4v) is 6.69. The zero-order valence-electron chi connectivity index (χ0n) is 24.1. The third-order valence-electron chi connectivity index (χ3n) is 6.39.